The summed E-state index contributed by atoms with van der Waals surface area (Å²) in [5.41, 5.74) is 26.4. The molecule has 6 nitrogen and oxygen atoms in total. The number of hydrogen-bond donors (Lipinski definition) is 0. The molecule has 0 radical (unpaired) electrons. The van der Waals surface area contributed by atoms with E-state index in [2.05, 4.69) is 525 Å². The van der Waals surface area contributed by atoms with Crippen LogP contribution in [0.25, 0.3) is 291 Å². The van der Waals surface area contributed by atoms with Gasteiger partial charge in [0.25, 0.3) is 0 Å². The molecule has 9 aromatic heterocycles. The van der Waals surface area contributed by atoms with E-state index in [0.29, 0.717) is 0 Å². The van der Waals surface area contributed by atoms with E-state index in [0.717, 1.165) is 11.4 Å². The Hall–Kier alpha value is -18.2. The van der Waals surface area contributed by atoms with Crippen molar-refractivity contribution in [2.75, 3.05) is 0 Å². The van der Waals surface area contributed by atoms with Crippen molar-refractivity contribution < 1.29 is 0 Å². The highest BCUT2D eigenvalue weighted by atomic mass is 32.1. The first kappa shape index (κ1) is 81.6. The summed E-state index contributed by atoms with van der Waals surface area (Å²) >= 11 is 5.73. The van der Waals surface area contributed by atoms with Crippen LogP contribution in [0.5, 0.6) is 0 Å². The molecule has 145 heavy (non-hydrogen) atoms. The number of fused-ring (bicyclic) bond motifs is 37. The number of rotatable bonds is 8. The summed E-state index contributed by atoms with van der Waals surface area (Å²) in [7, 11) is 0. The third-order valence-corrected chi connectivity index (χ3v) is 34.2. The Morgan fingerprint density at radius 1 is 0.117 bits per heavy atom. The number of hydrogen-bond acceptors (Lipinski definition) is 3. The molecule has 0 unspecified atom stereocenters. The Bertz CT molecular complexity index is 11200. The minimum atomic E-state index is 1.15. The molecule has 0 bridgehead atoms. The molecule has 0 spiro atoms. The van der Waals surface area contributed by atoms with Crippen molar-refractivity contribution in [3.05, 3.63) is 497 Å². The van der Waals surface area contributed by atoms with Crippen LogP contribution in [0, 0.1) is 0 Å². The van der Waals surface area contributed by atoms with Gasteiger partial charge in [0.2, 0.25) is 0 Å². The van der Waals surface area contributed by atoms with Gasteiger partial charge in [-0.15, -0.1) is 34.0 Å². The standard InChI is InChI=1S/C48H28N2S.C48H30N2S.C40H24N2S/c1-2-12-29(13-3-1)49-43-25-24-38-37-19-9-11-21-46(37)51-48(38)47(43)41-27-40-36-18-8-10-20-42(36)50(44(40)28-45(41)49)30-22-23-35-33-16-5-4-14-31(33)32-15-6-7-17-34(32)39(35)26-30;1-4-14-31(15-5-1)33-26-34(32-16-6-2-7-17-32)28-36(27-33)50-43-25-24-39-38-21-11-13-23-46(38)51-48(39)47(43)41-29-40-37-20-10-12-22-42(37)49(44(40)30-45(41)50)35-18-8-3-9-19-35;1-2-12-27(13-3-1)41-34-16-8-6-14-29(34)32-23-33-37(24-36(32)41)42(28-19-18-25-10-4-5-11-26(25)22-28)35-21-20-31-30-15-7-9-17-38(30)43-40(31)39(33)35/h1-28H;1-30H;1-24H. The van der Waals surface area contributed by atoms with Gasteiger partial charge in [-0.05, 0) is 235 Å². The van der Waals surface area contributed by atoms with E-state index in [1.807, 2.05) is 34.0 Å². The molecule has 674 valence electrons. The van der Waals surface area contributed by atoms with Crippen molar-refractivity contribution in [3.8, 4) is 56.4 Å². The van der Waals surface area contributed by atoms with E-state index in [1.54, 1.807) is 0 Å². The Morgan fingerprint density at radius 2 is 0.393 bits per heavy atom. The van der Waals surface area contributed by atoms with Gasteiger partial charge in [-0.3, -0.25) is 0 Å². The fourth-order valence-electron chi connectivity index (χ4n) is 24.3. The van der Waals surface area contributed by atoms with Crippen LogP contribution in [0.4, 0.5) is 0 Å². The predicted molar refractivity (Wildman–Crippen MR) is 625 cm³/mol. The summed E-state index contributed by atoms with van der Waals surface area (Å²) in [5.74, 6) is 0. The van der Waals surface area contributed by atoms with Gasteiger partial charge in [-0.1, -0.05) is 328 Å². The summed E-state index contributed by atoms with van der Waals surface area (Å²) < 4.78 is 22.8. The van der Waals surface area contributed by atoms with Crippen molar-refractivity contribution in [1.29, 1.82) is 0 Å². The van der Waals surface area contributed by atoms with Crippen molar-refractivity contribution in [3.63, 3.8) is 0 Å². The summed E-state index contributed by atoms with van der Waals surface area (Å²) in [4.78, 5) is 0. The van der Waals surface area contributed by atoms with Crippen molar-refractivity contribution in [2.45, 2.75) is 0 Å². The summed E-state index contributed by atoms with van der Waals surface area (Å²) in [5, 5.41) is 33.6. The molecule has 0 saturated carbocycles. The second-order valence-corrected chi connectivity index (χ2v) is 41.5. The number of aromatic nitrogens is 6. The average molecular weight is 1900 g/mol. The van der Waals surface area contributed by atoms with Crippen LogP contribution in [-0.4, -0.2) is 27.4 Å². The average Bonchev–Trinajstić information content (AvgIpc) is 1.55. The predicted octanol–water partition coefficient (Wildman–Crippen LogP) is 38.7. The second-order valence-electron chi connectivity index (χ2n) is 38.4. The van der Waals surface area contributed by atoms with Crippen LogP contribution < -0.4 is 0 Å². The van der Waals surface area contributed by atoms with Gasteiger partial charge in [0.05, 0.1) is 66.2 Å². The van der Waals surface area contributed by atoms with Crippen LogP contribution in [0.1, 0.15) is 0 Å². The molecule has 0 amide bonds. The van der Waals surface area contributed by atoms with Crippen molar-refractivity contribution in [1.82, 2.24) is 27.4 Å². The van der Waals surface area contributed by atoms with Crippen molar-refractivity contribution in [2.24, 2.45) is 0 Å². The Balaban J connectivity index is 0.0000000994. The minimum Gasteiger partial charge on any atom is -0.309 e. The maximum absolute atomic E-state index is 2.51. The summed E-state index contributed by atoms with van der Waals surface area (Å²) in [6.07, 6.45) is 0. The Kier molecular flexibility index (Phi) is 18.1. The molecule has 0 atom stereocenters. The van der Waals surface area contributed by atoms with Crippen LogP contribution in [-0.2, 0) is 0 Å². The molecule has 0 fully saturated rings. The first-order valence-electron chi connectivity index (χ1n) is 49.7. The first-order valence-corrected chi connectivity index (χ1v) is 52.1. The molecule has 0 aliphatic carbocycles. The highest BCUT2D eigenvalue weighted by Crippen LogP contribution is 2.53. The number of para-hydroxylation sites is 6. The van der Waals surface area contributed by atoms with Gasteiger partial charge in [0, 0.05) is 159 Å². The van der Waals surface area contributed by atoms with Gasteiger partial charge in [0.1, 0.15) is 0 Å². The quantitative estimate of drug-likeness (QED) is 0.136. The second kappa shape index (κ2) is 32.2. The van der Waals surface area contributed by atoms with Crippen LogP contribution in [0.15, 0.2) is 497 Å². The minimum absolute atomic E-state index is 1.15. The van der Waals surface area contributed by atoms with Gasteiger partial charge >= 0.3 is 0 Å². The molecule has 0 N–H and O–H groups in total. The lowest BCUT2D eigenvalue weighted by Gasteiger charge is -2.14. The fourth-order valence-corrected chi connectivity index (χ4v) is 28.1. The Labute approximate surface area is 842 Å². The van der Waals surface area contributed by atoms with Gasteiger partial charge in [-0.2, -0.15) is 0 Å². The van der Waals surface area contributed by atoms with E-state index < -0.39 is 0 Å². The van der Waals surface area contributed by atoms with E-state index in [9.17, 15) is 0 Å². The van der Waals surface area contributed by atoms with E-state index in [4.69, 9.17) is 0 Å². The maximum atomic E-state index is 2.51. The SMILES string of the molecule is c1ccc(-c2cc(-c3ccccc3)cc(-n3c4cc5c(cc4c4c6sc7ccccc7c6ccc43)c3ccccc3n5-c3ccccc3)c2)cc1.c1ccc(-n2c3cc4c(cc3c3c5sc6ccccc6c5ccc32)c2ccccc2n4-c2ccc3c4ccccc4c4ccccc4c3c2)cc1.c1ccc(-n2c3ccccc3c3cc4c5c6sc7ccccc7c6ccc5n(-c5ccc6ccccc6c5)c4cc32)cc1. The molecule has 9 heterocycles. The molecular weight excluding hydrogens is 1810 g/mol. The zero-order valence-corrected chi connectivity index (χ0v) is 80.7. The fraction of sp³-hybridized carbons (Fsp3) is 0. The van der Waals surface area contributed by atoms with Crippen LogP contribution >= 0.6 is 34.0 Å². The lowest BCUT2D eigenvalue weighted by atomic mass is 9.94. The molecule has 0 aliphatic heterocycles. The zero-order chi connectivity index (χ0) is 94.7. The van der Waals surface area contributed by atoms with E-state index >= 15 is 0 Å². The monoisotopic (exact) mass is 1890 g/mol. The highest BCUT2D eigenvalue weighted by Gasteiger charge is 2.28. The maximum Gasteiger partial charge on any atom is 0.0562 e. The number of nitrogens with zero attached hydrogens (tertiary/aromatic N) is 6. The van der Waals surface area contributed by atoms with Crippen LogP contribution in [0.2, 0.25) is 0 Å². The molecule has 24 aromatic carbocycles. The molecule has 0 saturated heterocycles. The van der Waals surface area contributed by atoms with E-state index in [1.165, 1.54) is 279 Å². The lowest BCUT2D eigenvalue weighted by Crippen LogP contribution is -1.97. The molecule has 33 aromatic rings. The third-order valence-electron chi connectivity index (χ3n) is 30.6. The smallest absolute Gasteiger partial charge is 0.0562 e. The normalized spacial score (nSPS) is 12.1. The highest BCUT2D eigenvalue weighted by molar-refractivity contribution is 7.27. The van der Waals surface area contributed by atoms with Gasteiger partial charge in [0.15, 0.2) is 0 Å². The van der Waals surface area contributed by atoms with E-state index in [-0.39, 0.29) is 0 Å². The topological polar surface area (TPSA) is 29.6 Å². The largest absolute Gasteiger partial charge is 0.309 e. The zero-order valence-electron chi connectivity index (χ0n) is 78.3. The molecule has 0 aliphatic rings. The third kappa shape index (κ3) is 12.4. The molecule has 33 rings (SSSR count). The van der Waals surface area contributed by atoms with Crippen molar-refractivity contribution >= 4 is 268 Å². The molecular formula is C136H82N6S3. The molecule has 9 heteroatoms. The van der Waals surface area contributed by atoms with Crippen LogP contribution in [0.3, 0.4) is 0 Å². The first-order chi connectivity index (χ1) is 71.9. The summed E-state index contributed by atoms with van der Waals surface area (Å²) in [6.45, 7) is 0. The lowest BCUT2D eigenvalue weighted by molar-refractivity contribution is 1.17. The van der Waals surface area contributed by atoms with Gasteiger partial charge < -0.3 is 27.4 Å². The number of thiophene rings is 3. The number of benzene rings is 24. The van der Waals surface area contributed by atoms with Gasteiger partial charge in [-0.25, -0.2) is 0 Å². The Morgan fingerprint density at radius 3 is 0.793 bits per heavy atom. The summed E-state index contributed by atoms with van der Waals surface area (Å²) in [6, 6.07) is 183.